The van der Waals surface area contributed by atoms with Gasteiger partial charge in [-0.2, -0.15) is 0 Å². The fourth-order valence-corrected chi connectivity index (χ4v) is 4.10. The summed E-state index contributed by atoms with van der Waals surface area (Å²) in [6.45, 7) is 3.86. The van der Waals surface area contributed by atoms with E-state index in [1.54, 1.807) is 13.8 Å². The Kier molecular flexibility index (Phi) is 3.50. The van der Waals surface area contributed by atoms with E-state index in [2.05, 4.69) is 10.3 Å². The Bertz CT molecular complexity index is 545. The minimum atomic E-state index is -0.369. The number of carbonyl (C=O) groups excluding carboxylic acids is 2. The average Bonchev–Trinajstić information content (AvgIpc) is 2.72. The number of carbonyl (C=O) groups is 2. The molecule has 1 amide bonds. The second-order valence-corrected chi connectivity index (χ2v) is 6.43. The number of amides is 1. The molecule has 3 rings (SSSR count). The maximum atomic E-state index is 12.1. The number of nitrogens with one attached hydrogen (secondary N) is 1. The molecular formula is C14H18N2O3S. The van der Waals surface area contributed by atoms with Crippen molar-refractivity contribution < 1.29 is 14.3 Å². The van der Waals surface area contributed by atoms with Gasteiger partial charge in [-0.05, 0) is 38.5 Å². The van der Waals surface area contributed by atoms with Gasteiger partial charge in [0.15, 0.2) is 5.13 Å². The first-order valence-corrected chi connectivity index (χ1v) is 7.89. The Morgan fingerprint density at radius 2 is 2.10 bits per heavy atom. The highest BCUT2D eigenvalue weighted by molar-refractivity contribution is 7.17. The summed E-state index contributed by atoms with van der Waals surface area (Å²) in [6, 6.07) is 0. The third-order valence-corrected chi connectivity index (χ3v) is 5.25. The van der Waals surface area contributed by atoms with E-state index in [1.807, 2.05) is 0 Å². The van der Waals surface area contributed by atoms with Crippen LogP contribution in [-0.2, 0) is 9.53 Å². The van der Waals surface area contributed by atoms with Gasteiger partial charge in [-0.15, -0.1) is 0 Å². The molecule has 1 aromatic heterocycles. The van der Waals surface area contributed by atoms with Crippen molar-refractivity contribution in [3.63, 3.8) is 0 Å². The van der Waals surface area contributed by atoms with Crippen molar-refractivity contribution in [1.82, 2.24) is 4.98 Å². The third-order valence-electron chi connectivity index (χ3n) is 4.20. The Balaban J connectivity index is 1.65. The zero-order chi connectivity index (χ0) is 14.3. The van der Waals surface area contributed by atoms with Crippen molar-refractivity contribution in [1.29, 1.82) is 0 Å². The van der Waals surface area contributed by atoms with Crippen LogP contribution in [-0.4, -0.2) is 23.5 Å². The van der Waals surface area contributed by atoms with E-state index in [1.165, 1.54) is 30.6 Å². The molecule has 2 fully saturated rings. The predicted molar refractivity (Wildman–Crippen MR) is 75.8 cm³/mol. The van der Waals surface area contributed by atoms with Crippen molar-refractivity contribution in [2.24, 2.45) is 17.8 Å². The van der Waals surface area contributed by atoms with E-state index >= 15 is 0 Å². The van der Waals surface area contributed by atoms with Crippen LogP contribution in [0.2, 0.25) is 0 Å². The van der Waals surface area contributed by atoms with Gasteiger partial charge < -0.3 is 10.1 Å². The molecular weight excluding hydrogens is 276 g/mol. The third kappa shape index (κ3) is 2.32. The van der Waals surface area contributed by atoms with Crippen LogP contribution in [0.1, 0.15) is 41.6 Å². The van der Waals surface area contributed by atoms with Crippen molar-refractivity contribution in [3.05, 3.63) is 10.6 Å². The fourth-order valence-electron chi connectivity index (χ4n) is 3.24. The van der Waals surface area contributed by atoms with Crippen LogP contribution in [0.3, 0.4) is 0 Å². The Labute approximate surface area is 121 Å². The molecule has 1 N–H and O–H groups in total. The summed E-state index contributed by atoms with van der Waals surface area (Å²) < 4.78 is 4.97. The molecule has 108 valence electrons. The molecule has 6 heteroatoms. The number of hydrogen-bond donors (Lipinski definition) is 1. The SMILES string of the molecule is CCOC(=O)c1sc(NC(=O)C2[C@H]3CCC[C@H]23)nc1C. The fraction of sp³-hybridized carbons (Fsp3) is 0.643. The molecule has 20 heavy (non-hydrogen) atoms. The maximum absolute atomic E-state index is 12.1. The van der Waals surface area contributed by atoms with Gasteiger partial charge in [-0.3, -0.25) is 4.79 Å². The molecule has 1 aromatic rings. The van der Waals surface area contributed by atoms with Crippen molar-refractivity contribution in [2.75, 3.05) is 11.9 Å². The molecule has 2 atom stereocenters. The number of anilines is 1. The number of nitrogens with zero attached hydrogens (tertiary/aromatic N) is 1. The molecule has 0 spiro atoms. The van der Waals surface area contributed by atoms with E-state index < -0.39 is 0 Å². The van der Waals surface area contributed by atoms with Crippen molar-refractivity contribution in [2.45, 2.75) is 33.1 Å². The Morgan fingerprint density at radius 3 is 2.75 bits per heavy atom. The van der Waals surface area contributed by atoms with Crippen LogP contribution in [0.4, 0.5) is 5.13 Å². The van der Waals surface area contributed by atoms with E-state index in [-0.39, 0.29) is 17.8 Å². The first-order valence-electron chi connectivity index (χ1n) is 7.07. The summed E-state index contributed by atoms with van der Waals surface area (Å²) >= 11 is 1.19. The minimum absolute atomic E-state index is 0.0591. The first kappa shape index (κ1) is 13.5. The van der Waals surface area contributed by atoms with Gasteiger partial charge in [0.25, 0.3) is 0 Å². The highest BCUT2D eigenvalue weighted by atomic mass is 32.1. The number of aryl methyl sites for hydroxylation is 1. The molecule has 2 saturated carbocycles. The summed E-state index contributed by atoms with van der Waals surface area (Å²) in [7, 11) is 0. The molecule has 2 aliphatic carbocycles. The zero-order valence-electron chi connectivity index (χ0n) is 11.6. The molecule has 1 heterocycles. The Morgan fingerprint density at radius 1 is 1.40 bits per heavy atom. The second-order valence-electron chi connectivity index (χ2n) is 5.43. The van der Waals surface area contributed by atoms with Crippen molar-refractivity contribution in [3.8, 4) is 0 Å². The summed E-state index contributed by atoms with van der Waals surface area (Å²) in [5, 5.41) is 3.35. The van der Waals surface area contributed by atoms with Crippen LogP contribution in [0.15, 0.2) is 0 Å². The molecule has 2 aliphatic rings. The number of thiazole rings is 1. The molecule has 0 saturated heterocycles. The number of hydrogen-bond acceptors (Lipinski definition) is 5. The smallest absolute Gasteiger partial charge is 0.350 e. The van der Waals surface area contributed by atoms with Gasteiger partial charge in [0.05, 0.1) is 12.3 Å². The lowest BCUT2D eigenvalue weighted by atomic mass is 10.1. The monoisotopic (exact) mass is 294 g/mol. The van der Waals surface area contributed by atoms with Crippen LogP contribution >= 0.6 is 11.3 Å². The Hall–Kier alpha value is -1.43. The van der Waals surface area contributed by atoms with E-state index in [0.29, 0.717) is 34.1 Å². The van der Waals surface area contributed by atoms with Gasteiger partial charge in [0.1, 0.15) is 4.88 Å². The lowest BCUT2D eigenvalue weighted by Crippen LogP contribution is -2.16. The topological polar surface area (TPSA) is 68.3 Å². The van der Waals surface area contributed by atoms with Gasteiger partial charge in [-0.1, -0.05) is 17.8 Å². The maximum Gasteiger partial charge on any atom is 0.350 e. The van der Waals surface area contributed by atoms with E-state index in [9.17, 15) is 9.59 Å². The van der Waals surface area contributed by atoms with Gasteiger partial charge in [0.2, 0.25) is 5.91 Å². The van der Waals surface area contributed by atoms with Gasteiger partial charge in [-0.25, -0.2) is 9.78 Å². The van der Waals surface area contributed by atoms with Crippen molar-refractivity contribution >= 4 is 28.3 Å². The van der Waals surface area contributed by atoms with Crippen LogP contribution in [0.5, 0.6) is 0 Å². The summed E-state index contributed by atoms with van der Waals surface area (Å²) in [4.78, 5) is 28.6. The summed E-state index contributed by atoms with van der Waals surface area (Å²) in [5.41, 5.74) is 0.611. The summed E-state index contributed by atoms with van der Waals surface area (Å²) in [5.74, 6) is 1.02. The number of rotatable bonds is 4. The zero-order valence-corrected chi connectivity index (χ0v) is 12.5. The standard InChI is InChI=1S/C14H18N2O3S/c1-3-19-13(18)11-7(2)15-14(20-11)16-12(17)10-8-5-4-6-9(8)10/h8-10H,3-6H2,1-2H3,(H,15,16,17)/t8-,9-/m0/s1. The number of esters is 1. The number of ether oxygens (including phenoxy) is 1. The normalized spacial score (nSPS) is 27.0. The molecule has 0 aromatic carbocycles. The van der Waals surface area contributed by atoms with Gasteiger partial charge in [0, 0.05) is 5.92 Å². The highest BCUT2D eigenvalue weighted by Crippen LogP contribution is 2.57. The molecule has 0 bridgehead atoms. The van der Waals surface area contributed by atoms with Gasteiger partial charge >= 0.3 is 5.97 Å². The summed E-state index contributed by atoms with van der Waals surface area (Å²) in [6.07, 6.45) is 3.60. The predicted octanol–water partition coefficient (Wildman–Crippen LogP) is 2.61. The molecule has 0 aliphatic heterocycles. The minimum Gasteiger partial charge on any atom is -0.462 e. The quantitative estimate of drug-likeness (QED) is 0.867. The molecule has 5 nitrogen and oxygen atoms in total. The van der Waals surface area contributed by atoms with Crippen LogP contribution in [0.25, 0.3) is 0 Å². The molecule has 0 radical (unpaired) electrons. The lowest BCUT2D eigenvalue weighted by Gasteiger charge is -2.02. The molecule has 0 unspecified atom stereocenters. The van der Waals surface area contributed by atoms with E-state index in [4.69, 9.17) is 4.74 Å². The number of fused-ring (bicyclic) bond motifs is 1. The first-order chi connectivity index (χ1) is 9.61. The van der Waals surface area contributed by atoms with Crippen LogP contribution < -0.4 is 5.32 Å². The average molecular weight is 294 g/mol. The largest absolute Gasteiger partial charge is 0.462 e. The lowest BCUT2D eigenvalue weighted by molar-refractivity contribution is -0.118. The number of aromatic nitrogens is 1. The second kappa shape index (κ2) is 5.16. The van der Waals surface area contributed by atoms with E-state index in [0.717, 1.165) is 0 Å². The highest BCUT2D eigenvalue weighted by Gasteiger charge is 2.56. The van der Waals surface area contributed by atoms with Crippen LogP contribution in [0, 0.1) is 24.7 Å².